The molecular weight excluding hydrogens is 344 g/mol. The number of nitrogens with two attached hydrogens (primary N) is 1. The Bertz CT molecular complexity index is 1070. The molecule has 0 unspecified atom stereocenters. The van der Waals surface area contributed by atoms with Crippen LogP contribution >= 0.6 is 0 Å². The van der Waals surface area contributed by atoms with Gasteiger partial charge in [-0.15, -0.1) is 0 Å². The molecule has 2 aromatic carbocycles. The van der Waals surface area contributed by atoms with Crippen LogP contribution in [0.25, 0.3) is 11.0 Å². The molecule has 0 spiro atoms. The Kier molecular flexibility index (Phi) is 5.28. The predicted molar refractivity (Wildman–Crippen MR) is 106 cm³/mol. The van der Waals surface area contributed by atoms with Gasteiger partial charge in [0.05, 0.1) is 0 Å². The van der Waals surface area contributed by atoms with Crippen LogP contribution in [0, 0.1) is 20.8 Å². The van der Waals surface area contributed by atoms with Crippen molar-refractivity contribution in [1.29, 1.82) is 0 Å². The molecule has 0 atom stereocenters. The minimum absolute atomic E-state index is 0.245. The highest BCUT2D eigenvalue weighted by Crippen LogP contribution is 2.26. The van der Waals surface area contributed by atoms with Crippen molar-refractivity contribution in [2.75, 3.05) is 18.5 Å². The normalized spacial score (nSPS) is 10.8. The molecule has 1 aromatic heterocycles. The number of amides is 1. The summed E-state index contributed by atoms with van der Waals surface area (Å²) >= 11 is 0. The summed E-state index contributed by atoms with van der Waals surface area (Å²) in [6.45, 7) is 6.39. The number of fused-ring (bicyclic) bond motifs is 1. The van der Waals surface area contributed by atoms with Crippen LogP contribution in [0.1, 0.15) is 27.0 Å². The molecule has 0 aliphatic heterocycles. The molecule has 27 heavy (non-hydrogen) atoms. The molecule has 140 valence electrons. The maximum Gasteiger partial charge on any atom is 0.336 e. The average Bonchev–Trinajstić information content (AvgIpc) is 2.62. The monoisotopic (exact) mass is 366 g/mol. The number of aryl methyl sites for hydroxylation is 3. The summed E-state index contributed by atoms with van der Waals surface area (Å²) in [6.07, 6.45) is 0. The van der Waals surface area contributed by atoms with Gasteiger partial charge in [-0.2, -0.15) is 0 Å². The van der Waals surface area contributed by atoms with Crippen molar-refractivity contribution in [3.63, 3.8) is 0 Å². The second kappa shape index (κ2) is 7.63. The summed E-state index contributed by atoms with van der Waals surface area (Å²) < 4.78 is 10.8. The Hall–Kier alpha value is -3.12. The van der Waals surface area contributed by atoms with Gasteiger partial charge in [0.2, 0.25) is 0 Å². The van der Waals surface area contributed by atoms with E-state index in [0.717, 1.165) is 22.1 Å². The first kappa shape index (κ1) is 18.7. The molecule has 3 N–H and O–H groups in total. The highest BCUT2D eigenvalue weighted by molar-refractivity contribution is 6.06. The van der Waals surface area contributed by atoms with Gasteiger partial charge >= 0.3 is 5.63 Å². The number of rotatable bonds is 5. The Labute approximate surface area is 156 Å². The van der Waals surface area contributed by atoms with Crippen LogP contribution in [0.15, 0.2) is 45.6 Å². The van der Waals surface area contributed by atoms with Crippen LogP contribution in [-0.4, -0.2) is 19.1 Å². The van der Waals surface area contributed by atoms with E-state index in [1.54, 1.807) is 18.2 Å². The van der Waals surface area contributed by atoms with E-state index < -0.39 is 0 Å². The molecule has 3 aromatic rings. The van der Waals surface area contributed by atoms with Crippen molar-refractivity contribution in [1.82, 2.24) is 0 Å². The van der Waals surface area contributed by atoms with Crippen molar-refractivity contribution < 1.29 is 13.9 Å². The van der Waals surface area contributed by atoms with Gasteiger partial charge < -0.3 is 20.2 Å². The molecule has 6 nitrogen and oxygen atoms in total. The zero-order chi connectivity index (χ0) is 19.6. The Morgan fingerprint density at radius 2 is 1.85 bits per heavy atom. The molecule has 0 fully saturated rings. The molecule has 0 radical (unpaired) electrons. The number of nitrogens with one attached hydrogen (secondary N) is 1. The summed E-state index contributed by atoms with van der Waals surface area (Å²) in [5, 5.41) is 3.71. The fraction of sp³-hybridized carbons (Fsp3) is 0.238. The van der Waals surface area contributed by atoms with Crippen LogP contribution in [0.3, 0.4) is 0 Å². The van der Waals surface area contributed by atoms with E-state index in [1.165, 1.54) is 6.07 Å². The molecule has 0 aliphatic rings. The van der Waals surface area contributed by atoms with Gasteiger partial charge in [-0.1, -0.05) is 6.07 Å². The van der Waals surface area contributed by atoms with Crippen molar-refractivity contribution in [2.24, 2.45) is 5.73 Å². The number of anilines is 1. The quantitative estimate of drug-likeness (QED) is 0.676. The highest BCUT2D eigenvalue weighted by Gasteiger charge is 2.13. The van der Waals surface area contributed by atoms with Gasteiger partial charge in [0.1, 0.15) is 17.9 Å². The van der Waals surface area contributed by atoms with E-state index in [1.807, 2.05) is 32.9 Å². The number of hydrogen-bond donors (Lipinski definition) is 2. The minimum Gasteiger partial charge on any atom is -0.492 e. The third-order valence-corrected chi connectivity index (χ3v) is 4.37. The summed E-state index contributed by atoms with van der Waals surface area (Å²) in [5.74, 6) is 0.394. The minimum atomic E-state index is -0.388. The van der Waals surface area contributed by atoms with Gasteiger partial charge in [0.25, 0.3) is 5.91 Å². The first-order valence-corrected chi connectivity index (χ1v) is 8.69. The van der Waals surface area contributed by atoms with Crippen LogP contribution in [-0.2, 0) is 0 Å². The Balaban J connectivity index is 1.92. The average molecular weight is 366 g/mol. The molecule has 3 rings (SSSR count). The van der Waals surface area contributed by atoms with E-state index in [-0.39, 0.29) is 11.5 Å². The summed E-state index contributed by atoms with van der Waals surface area (Å²) in [7, 11) is 0. The van der Waals surface area contributed by atoms with Gasteiger partial charge in [0.15, 0.2) is 0 Å². The maximum atomic E-state index is 12.7. The molecular formula is C21H22N2O4. The second-order valence-corrected chi connectivity index (χ2v) is 6.48. The SMILES string of the molecule is Cc1cc2oc(=O)cc(C)c2cc1NC(=O)c1ccc(C)c(OCCN)c1. The lowest BCUT2D eigenvalue weighted by molar-refractivity contribution is 0.102. The summed E-state index contributed by atoms with van der Waals surface area (Å²) in [5.41, 5.74) is 9.28. The number of carbonyl (C=O) groups excluding carboxylic acids is 1. The fourth-order valence-electron chi connectivity index (χ4n) is 2.86. The van der Waals surface area contributed by atoms with Crippen LogP contribution in [0.2, 0.25) is 0 Å². The largest absolute Gasteiger partial charge is 0.492 e. The zero-order valence-electron chi connectivity index (χ0n) is 15.6. The molecule has 0 bridgehead atoms. The molecule has 0 saturated carbocycles. The maximum absolute atomic E-state index is 12.7. The van der Waals surface area contributed by atoms with Gasteiger partial charge in [-0.25, -0.2) is 4.79 Å². The highest BCUT2D eigenvalue weighted by atomic mass is 16.5. The zero-order valence-corrected chi connectivity index (χ0v) is 15.6. The van der Waals surface area contributed by atoms with Crippen molar-refractivity contribution in [3.8, 4) is 5.75 Å². The summed E-state index contributed by atoms with van der Waals surface area (Å²) in [4.78, 5) is 24.3. The number of ether oxygens (including phenoxy) is 1. The Morgan fingerprint density at radius 3 is 2.59 bits per heavy atom. The molecule has 1 heterocycles. The molecule has 6 heteroatoms. The second-order valence-electron chi connectivity index (χ2n) is 6.48. The van der Waals surface area contributed by atoms with E-state index in [0.29, 0.717) is 35.7 Å². The van der Waals surface area contributed by atoms with E-state index in [9.17, 15) is 9.59 Å². The van der Waals surface area contributed by atoms with Crippen molar-refractivity contribution in [2.45, 2.75) is 20.8 Å². The third-order valence-electron chi connectivity index (χ3n) is 4.37. The van der Waals surface area contributed by atoms with Gasteiger partial charge in [0, 0.05) is 29.2 Å². The third kappa shape index (κ3) is 4.01. The van der Waals surface area contributed by atoms with Crippen LogP contribution in [0.5, 0.6) is 5.75 Å². The number of benzene rings is 2. The Morgan fingerprint density at radius 1 is 1.07 bits per heavy atom. The van der Waals surface area contributed by atoms with Gasteiger partial charge in [-0.05, 0) is 61.7 Å². The molecule has 1 amide bonds. The van der Waals surface area contributed by atoms with E-state index in [2.05, 4.69) is 5.32 Å². The van der Waals surface area contributed by atoms with E-state index >= 15 is 0 Å². The fourth-order valence-corrected chi connectivity index (χ4v) is 2.86. The number of carbonyl (C=O) groups is 1. The van der Waals surface area contributed by atoms with Gasteiger partial charge in [-0.3, -0.25) is 4.79 Å². The van der Waals surface area contributed by atoms with Crippen molar-refractivity contribution in [3.05, 3.63) is 69.1 Å². The number of hydrogen-bond acceptors (Lipinski definition) is 5. The molecule has 0 aliphatic carbocycles. The first-order chi connectivity index (χ1) is 12.9. The van der Waals surface area contributed by atoms with Crippen molar-refractivity contribution >= 4 is 22.6 Å². The summed E-state index contributed by atoms with van der Waals surface area (Å²) in [6, 6.07) is 10.3. The predicted octanol–water partition coefficient (Wildman–Crippen LogP) is 3.31. The smallest absolute Gasteiger partial charge is 0.336 e. The van der Waals surface area contributed by atoms with Crippen LogP contribution < -0.4 is 21.4 Å². The lowest BCUT2D eigenvalue weighted by atomic mass is 10.1. The topological polar surface area (TPSA) is 94.6 Å². The lowest BCUT2D eigenvalue weighted by Crippen LogP contribution is -2.14. The molecule has 0 saturated heterocycles. The first-order valence-electron chi connectivity index (χ1n) is 8.69. The standard InChI is InChI=1S/C21H22N2O4/c1-12-4-5-15(10-18(12)26-7-6-22)21(25)23-17-11-16-13(2)9-20(24)27-19(16)8-14(17)3/h4-5,8-11H,6-7,22H2,1-3H3,(H,23,25). The van der Waals surface area contributed by atoms with Crippen LogP contribution in [0.4, 0.5) is 5.69 Å². The lowest BCUT2D eigenvalue weighted by Gasteiger charge is -2.13. The van der Waals surface area contributed by atoms with E-state index in [4.69, 9.17) is 14.9 Å².